The summed E-state index contributed by atoms with van der Waals surface area (Å²) >= 11 is 0. The number of hydrogen-bond donors (Lipinski definition) is 3. The highest BCUT2D eigenvalue weighted by Crippen LogP contribution is 2.21. The van der Waals surface area contributed by atoms with E-state index in [0.717, 1.165) is 11.3 Å². The molecule has 0 amide bonds. The number of carbonyl (C=O) groups excluding carboxylic acids is 1. The molecule has 1 atom stereocenters. The van der Waals surface area contributed by atoms with E-state index in [2.05, 4.69) is 30.6 Å². The Bertz CT molecular complexity index is 556. The Hall–Kier alpha value is -2.34. The molecule has 0 saturated carbocycles. The maximum absolute atomic E-state index is 11.7. The molecule has 4 N–H and O–H groups in total. The van der Waals surface area contributed by atoms with Crippen LogP contribution in [0.2, 0.25) is 0 Å². The molecule has 6 nitrogen and oxygen atoms in total. The van der Waals surface area contributed by atoms with Crippen LogP contribution in [0.3, 0.4) is 0 Å². The summed E-state index contributed by atoms with van der Waals surface area (Å²) in [5.41, 5.74) is 9.10. The Morgan fingerprint density at radius 2 is 1.96 bits per heavy atom. The second-order valence-corrected chi connectivity index (χ2v) is 5.14. The quantitative estimate of drug-likeness (QED) is 0.548. The van der Waals surface area contributed by atoms with Gasteiger partial charge in [0.1, 0.15) is 12.6 Å². The fourth-order valence-electron chi connectivity index (χ4n) is 1.75. The van der Waals surface area contributed by atoms with Crippen molar-refractivity contribution in [3.05, 3.63) is 41.5 Å². The largest absolute Gasteiger partial charge is 0.480 e. The van der Waals surface area contributed by atoms with Crippen LogP contribution in [0, 0.1) is 20.8 Å². The van der Waals surface area contributed by atoms with Crippen LogP contribution in [0.1, 0.15) is 23.6 Å². The first-order valence-electron chi connectivity index (χ1n) is 7.26. The highest BCUT2D eigenvalue weighted by Gasteiger charge is 2.15. The van der Waals surface area contributed by atoms with Crippen molar-refractivity contribution >= 4 is 17.6 Å². The summed E-state index contributed by atoms with van der Waals surface area (Å²) in [5.74, 6) is -1.24. The zero-order valence-electron chi connectivity index (χ0n) is 14.2. The predicted molar refractivity (Wildman–Crippen MR) is 91.6 cm³/mol. The topological polar surface area (TPSA) is 102 Å². The third-order valence-electron chi connectivity index (χ3n) is 3.06. The number of nitrogens with one attached hydrogen (secondary N) is 1. The number of ether oxygens (including phenoxy) is 1. The first-order chi connectivity index (χ1) is 10.7. The Morgan fingerprint density at radius 3 is 2.43 bits per heavy atom. The van der Waals surface area contributed by atoms with E-state index in [1.165, 1.54) is 11.1 Å². The van der Waals surface area contributed by atoms with Gasteiger partial charge in [0.25, 0.3) is 0 Å². The van der Waals surface area contributed by atoms with Gasteiger partial charge in [0, 0.05) is 5.69 Å². The number of nitrogens with two attached hydrogens (primary N) is 1. The molecule has 0 heterocycles. The van der Waals surface area contributed by atoms with Crippen LogP contribution >= 0.6 is 0 Å². The molecule has 0 fully saturated rings. The van der Waals surface area contributed by atoms with Gasteiger partial charge in [-0.15, -0.1) is 0 Å². The van der Waals surface area contributed by atoms with Gasteiger partial charge in [-0.1, -0.05) is 18.7 Å². The molecule has 1 aromatic rings. The van der Waals surface area contributed by atoms with Gasteiger partial charge < -0.3 is 20.9 Å². The first-order valence-corrected chi connectivity index (χ1v) is 7.26. The number of aliphatic carboxylic acids is 1. The van der Waals surface area contributed by atoms with Gasteiger partial charge in [-0.2, -0.15) is 0 Å². The number of benzene rings is 1. The molecule has 0 bridgehead atoms. The van der Waals surface area contributed by atoms with Gasteiger partial charge in [0.15, 0.2) is 0 Å². The molecule has 1 rings (SSSR count). The Morgan fingerprint density at radius 1 is 1.39 bits per heavy atom. The van der Waals surface area contributed by atoms with Crippen molar-refractivity contribution in [3.63, 3.8) is 0 Å². The predicted octanol–water partition coefficient (Wildman–Crippen LogP) is 2.17. The molecule has 0 spiro atoms. The summed E-state index contributed by atoms with van der Waals surface area (Å²) in [4.78, 5) is 20.9. The normalized spacial score (nSPS) is 10.8. The van der Waals surface area contributed by atoms with Crippen LogP contribution in [0.4, 0.5) is 5.69 Å². The molecule has 0 aliphatic heterocycles. The second kappa shape index (κ2) is 10.4. The smallest absolute Gasteiger partial charge is 0.328 e. The minimum atomic E-state index is -0.968. The van der Waals surface area contributed by atoms with Gasteiger partial charge in [-0.25, -0.2) is 4.79 Å². The number of aryl methyl sites for hydroxylation is 2. The Labute approximate surface area is 137 Å². The van der Waals surface area contributed by atoms with E-state index in [1.54, 1.807) is 13.0 Å². The zero-order chi connectivity index (χ0) is 18.0. The molecule has 0 radical (unpaired) electrons. The summed E-state index contributed by atoms with van der Waals surface area (Å²) in [6.07, 6.45) is 1.56. The van der Waals surface area contributed by atoms with E-state index >= 15 is 0 Å². The highest BCUT2D eigenvalue weighted by atomic mass is 16.5. The molecule has 0 saturated heterocycles. The van der Waals surface area contributed by atoms with Crippen LogP contribution in [-0.2, 0) is 14.3 Å². The number of carboxylic acid groups (broad SMARTS) is 1. The number of carbonyl (C=O) groups is 2. The average molecular weight is 322 g/mol. The summed E-state index contributed by atoms with van der Waals surface area (Å²) in [6.45, 7) is 11.4. The number of anilines is 1. The Kier molecular flexibility index (Phi) is 9.34. The molecular weight excluding hydrogens is 296 g/mol. The molecular formula is C17H26N2O4. The molecule has 23 heavy (non-hydrogen) atoms. The number of esters is 1. The maximum atomic E-state index is 11.7. The average Bonchev–Trinajstić information content (AvgIpc) is 2.50. The van der Waals surface area contributed by atoms with E-state index in [-0.39, 0.29) is 25.2 Å². The molecule has 0 unspecified atom stereocenters. The van der Waals surface area contributed by atoms with E-state index in [0.29, 0.717) is 0 Å². The van der Waals surface area contributed by atoms with Gasteiger partial charge in [-0.05, 0) is 50.5 Å². The van der Waals surface area contributed by atoms with Gasteiger partial charge in [-0.3, -0.25) is 4.79 Å². The fourth-order valence-corrected chi connectivity index (χ4v) is 1.75. The van der Waals surface area contributed by atoms with Crippen molar-refractivity contribution in [1.82, 2.24) is 0 Å². The SMILES string of the molecule is C=CCOC(=O)[C@H](C)Nc1cc(C)cc(C)c1C.NCC(=O)O. The monoisotopic (exact) mass is 322 g/mol. The second-order valence-electron chi connectivity index (χ2n) is 5.14. The lowest BCUT2D eigenvalue weighted by molar-refractivity contribution is -0.143. The van der Waals surface area contributed by atoms with Gasteiger partial charge in [0.05, 0.1) is 6.54 Å². The van der Waals surface area contributed by atoms with E-state index < -0.39 is 5.97 Å². The number of rotatable bonds is 6. The molecule has 0 aliphatic carbocycles. The van der Waals surface area contributed by atoms with Crippen molar-refractivity contribution in [2.75, 3.05) is 18.5 Å². The maximum Gasteiger partial charge on any atom is 0.328 e. The zero-order valence-corrected chi connectivity index (χ0v) is 14.2. The van der Waals surface area contributed by atoms with Crippen LogP contribution in [0.15, 0.2) is 24.8 Å². The van der Waals surface area contributed by atoms with E-state index in [4.69, 9.17) is 9.84 Å². The third-order valence-corrected chi connectivity index (χ3v) is 3.06. The van der Waals surface area contributed by atoms with Gasteiger partial charge >= 0.3 is 11.9 Å². The lowest BCUT2D eigenvalue weighted by atomic mass is 10.0. The van der Waals surface area contributed by atoms with Gasteiger partial charge in [0.2, 0.25) is 0 Å². The van der Waals surface area contributed by atoms with Crippen molar-refractivity contribution in [2.45, 2.75) is 33.7 Å². The summed E-state index contributed by atoms with van der Waals surface area (Å²) in [7, 11) is 0. The van der Waals surface area contributed by atoms with Crippen molar-refractivity contribution in [1.29, 1.82) is 0 Å². The highest BCUT2D eigenvalue weighted by molar-refractivity contribution is 5.79. The molecule has 0 aromatic heterocycles. The Balaban J connectivity index is 0.000000841. The van der Waals surface area contributed by atoms with Crippen LogP contribution in [0.25, 0.3) is 0 Å². The number of hydrogen-bond acceptors (Lipinski definition) is 5. The number of carboxylic acids is 1. The molecule has 0 aliphatic rings. The van der Waals surface area contributed by atoms with E-state index in [1.807, 2.05) is 19.9 Å². The summed E-state index contributed by atoms with van der Waals surface area (Å²) in [6, 6.07) is 3.80. The summed E-state index contributed by atoms with van der Waals surface area (Å²) < 4.78 is 5.01. The third kappa shape index (κ3) is 8.01. The van der Waals surface area contributed by atoms with Crippen LogP contribution in [-0.4, -0.2) is 36.2 Å². The standard InChI is InChI=1S/C15H21NO2.C2H5NO2/c1-6-7-18-15(17)13(5)16-14-9-10(2)8-11(3)12(14)4;3-1-2(4)5/h6,8-9,13,16H,1,7H2,2-5H3;1,3H2,(H,4,5)/t13-;/m0./s1. The lowest BCUT2D eigenvalue weighted by Gasteiger charge is -2.17. The van der Waals surface area contributed by atoms with Crippen LogP contribution < -0.4 is 11.1 Å². The van der Waals surface area contributed by atoms with E-state index in [9.17, 15) is 9.59 Å². The minimum Gasteiger partial charge on any atom is -0.480 e. The van der Waals surface area contributed by atoms with Crippen molar-refractivity contribution < 1.29 is 19.4 Å². The lowest BCUT2D eigenvalue weighted by Crippen LogP contribution is -2.28. The fraction of sp³-hybridized carbons (Fsp3) is 0.412. The summed E-state index contributed by atoms with van der Waals surface area (Å²) in [5, 5.41) is 10.8. The van der Waals surface area contributed by atoms with Crippen molar-refractivity contribution in [2.24, 2.45) is 5.73 Å². The first kappa shape index (κ1) is 20.7. The molecule has 6 heteroatoms. The van der Waals surface area contributed by atoms with Crippen molar-refractivity contribution in [3.8, 4) is 0 Å². The minimum absolute atomic E-state index is 0.247. The van der Waals surface area contributed by atoms with Crippen LogP contribution in [0.5, 0.6) is 0 Å². The molecule has 128 valence electrons. The molecule has 1 aromatic carbocycles.